The Balaban J connectivity index is 1.97. The van der Waals surface area contributed by atoms with Gasteiger partial charge in [-0.25, -0.2) is 9.59 Å². The van der Waals surface area contributed by atoms with Gasteiger partial charge in [0, 0.05) is 24.3 Å². The van der Waals surface area contributed by atoms with Gasteiger partial charge in [-0.15, -0.1) is 0 Å². The fourth-order valence-corrected chi connectivity index (χ4v) is 3.96. The van der Waals surface area contributed by atoms with Crippen LogP contribution in [0.2, 0.25) is 0 Å². The monoisotopic (exact) mass is 491 g/mol. The summed E-state index contributed by atoms with van der Waals surface area (Å²) >= 11 is 0. The Morgan fingerprint density at radius 1 is 1.14 bits per heavy atom. The van der Waals surface area contributed by atoms with Crippen LogP contribution in [0.4, 0.5) is 5.69 Å². The van der Waals surface area contributed by atoms with Gasteiger partial charge >= 0.3 is 11.9 Å². The van der Waals surface area contributed by atoms with Gasteiger partial charge in [-0.05, 0) is 25.0 Å². The summed E-state index contributed by atoms with van der Waals surface area (Å²) < 4.78 is 10.5. The molecule has 10 heteroatoms. The molecule has 2 atom stereocenters. The molecular formula is C26H25N3O7. The van der Waals surface area contributed by atoms with Crippen molar-refractivity contribution in [1.82, 2.24) is 5.32 Å². The predicted octanol–water partition coefficient (Wildman–Crippen LogP) is 3.04. The number of nitro benzene ring substituents is 1. The Labute approximate surface area is 207 Å². The quantitative estimate of drug-likeness (QED) is 0.306. The standard InChI is InChI=1S/C26H25N3O7/c1-3-35-26(32)24-21(14-27)28-16(2)22(23(24)18-10-7-11-19(13-18)29(33)34)25(31)36-15-20(30)12-17-8-5-4-6-9-17/h4-11,13,20,23,28,30H,3,12,15H2,1-2H3. The maximum Gasteiger partial charge on any atom is 0.337 e. The van der Waals surface area contributed by atoms with Crippen LogP contribution in [0.15, 0.2) is 77.1 Å². The van der Waals surface area contributed by atoms with Gasteiger partial charge in [-0.2, -0.15) is 5.26 Å². The van der Waals surface area contributed by atoms with Crippen LogP contribution in [-0.4, -0.2) is 41.3 Å². The minimum Gasteiger partial charge on any atom is -0.463 e. The third-order valence-corrected chi connectivity index (χ3v) is 5.53. The van der Waals surface area contributed by atoms with Crippen LogP contribution in [0.1, 0.15) is 30.9 Å². The average molecular weight is 492 g/mol. The zero-order valence-corrected chi connectivity index (χ0v) is 19.8. The van der Waals surface area contributed by atoms with E-state index in [4.69, 9.17) is 9.47 Å². The summed E-state index contributed by atoms with van der Waals surface area (Å²) in [4.78, 5) is 36.9. The first kappa shape index (κ1) is 26.1. The third-order valence-electron chi connectivity index (χ3n) is 5.53. The molecule has 2 aromatic carbocycles. The Bertz CT molecular complexity index is 1260. The van der Waals surface area contributed by atoms with E-state index in [9.17, 15) is 30.1 Å². The first-order chi connectivity index (χ1) is 17.3. The lowest BCUT2D eigenvalue weighted by Gasteiger charge is -2.29. The van der Waals surface area contributed by atoms with E-state index in [0.717, 1.165) is 5.56 Å². The molecule has 0 radical (unpaired) electrons. The van der Waals surface area contributed by atoms with Crippen LogP contribution >= 0.6 is 0 Å². The molecule has 1 aliphatic heterocycles. The number of dihydropyridines is 1. The van der Waals surface area contributed by atoms with Crippen LogP contribution < -0.4 is 5.32 Å². The summed E-state index contributed by atoms with van der Waals surface area (Å²) in [6.07, 6.45) is -0.731. The average Bonchev–Trinajstić information content (AvgIpc) is 2.87. The maximum absolute atomic E-state index is 13.3. The zero-order chi connectivity index (χ0) is 26.2. The molecule has 1 aliphatic rings. The molecule has 10 nitrogen and oxygen atoms in total. The normalized spacial score (nSPS) is 16.0. The van der Waals surface area contributed by atoms with E-state index in [0.29, 0.717) is 0 Å². The second kappa shape index (κ2) is 11.8. The van der Waals surface area contributed by atoms with E-state index >= 15 is 0 Å². The molecule has 2 aromatic rings. The zero-order valence-electron chi connectivity index (χ0n) is 19.8. The third kappa shape index (κ3) is 5.95. The molecule has 1 heterocycles. The van der Waals surface area contributed by atoms with Crippen LogP contribution in [0.5, 0.6) is 0 Å². The van der Waals surface area contributed by atoms with Crippen molar-refractivity contribution in [2.75, 3.05) is 13.2 Å². The molecule has 2 N–H and O–H groups in total. The number of non-ortho nitro benzene ring substituents is 1. The Hall–Kier alpha value is -4.49. The summed E-state index contributed by atoms with van der Waals surface area (Å²) in [6, 6.07) is 16.5. The Morgan fingerprint density at radius 3 is 2.47 bits per heavy atom. The molecule has 0 saturated carbocycles. The summed E-state index contributed by atoms with van der Waals surface area (Å²) in [5.74, 6) is -2.86. The second-order valence-electron chi connectivity index (χ2n) is 8.01. The van der Waals surface area contributed by atoms with Gasteiger partial charge in [-0.3, -0.25) is 10.1 Å². The highest BCUT2D eigenvalue weighted by Gasteiger charge is 2.39. The number of hydrogen-bond acceptors (Lipinski definition) is 9. The lowest BCUT2D eigenvalue weighted by Crippen LogP contribution is -2.34. The molecule has 0 spiro atoms. The van der Waals surface area contributed by atoms with Crippen LogP contribution in [0.25, 0.3) is 0 Å². The van der Waals surface area contributed by atoms with Crippen molar-refractivity contribution >= 4 is 17.6 Å². The van der Waals surface area contributed by atoms with Crippen molar-refractivity contribution in [3.63, 3.8) is 0 Å². The number of nitrogens with one attached hydrogen (secondary N) is 1. The fraction of sp³-hybridized carbons (Fsp3) is 0.269. The highest BCUT2D eigenvalue weighted by atomic mass is 16.6. The minimum absolute atomic E-state index is 0.0108. The molecule has 0 amide bonds. The topological polar surface area (TPSA) is 152 Å². The molecule has 0 bridgehead atoms. The van der Waals surface area contributed by atoms with Gasteiger partial charge in [0.1, 0.15) is 18.4 Å². The van der Waals surface area contributed by atoms with Crippen LogP contribution in [0.3, 0.4) is 0 Å². The van der Waals surface area contributed by atoms with Crippen molar-refractivity contribution in [3.05, 3.63) is 98.4 Å². The molecule has 0 aliphatic carbocycles. The van der Waals surface area contributed by atoms with Crippen molar-refractivity contribution in [2.24, 2.45) is 0 Å². The van der Waals surface area contributed by atoms with E-state index in [1.807, 2.05) is 36.4 Å². The van der Waals surface area contributed by atoms with Crippen LogP contribution in [-0.2, 0) is 25.5 Å². The molecule has 36 heavy (non-hydrogen) atoms. The highest BCUT2D eigenvalue weighted by molar-refractivity contribution is 6.00. The number of esters is 2. The van der Waals surface area contributed by atoms with E-state index in [2.05, 4.69) is 5.32 Å². The molecular weight excluding hydrogens is 466 g/mol. The molecule has 0 saturated heterocycles. The largest absolute Gasteiger partial charge is 0.463 e. The predicted molar refractivity (Wildman–Crippen MR) is 128 cm³/mol. The SMILES string of the molecule is CCOC(=O)C1=C(C#N)NC(C)=C(C(=O)OCC(O)Cc2ccccc2)C1c1cccc([N+](=O)[O-])c1. The summed E-state index contributed by atoms with van der Waals surface area (Å²) in [6.45, 7) is 2.81. The van der Waals surface area contributed by atoms with Gasteiger partial charge in [0.2, 0.25) is 0 Å². The van der Waals surface area contributed by atoms with Gasteiger partial charge in [0.15, 0.2) is 0 Å². The van der Waals surface area contributed by atoms with E-state index < -0.39 is 28.9 Å². The van der Waals surface area contributed by atoms with Crippen molar-refractivity contribution < 1.29 is 29.1 Å². The molecule has 2 unspecified atom stereocenters. The number of carbonyl (C=O) groups is 2. The number of nitro groups is 1. The van der Waals surface area contributed by atoms with Gasteiger partial charge in [0.05, 0.1) is 34.7 Å². The number of carbonyl (C=O) groups excluding carboxylic acids is 2. The van der Waals surface area contributed by atoms with Crippen molar-refractivity contribution in [1.29, 1.82) is 5.26 Å². The summed E-state index contributed by atoms with van der Waals surface area (Å²) in [5, 5.41) is 34.2. The number of aliphatic hydroxyl groups excluding tert-OH is 1. The van der Waals surface area contributed by atoms with Crippen molar-refractivity contribution in [3.8, 4) is 6.07 Å². The number of ether oxygens (including phenoxy) is 2. The van der Waals surface area contributed by atoms with Gasteiger partial charge in [-0.1, -0.05) is 42.5 Å². The van der Waals surface area contributed by atoms with E-state index in [1.165, 1.54) is 31.2 Å². The lowest BCUT2D eigenvalue weighted by molar-refractivity contribution is -0.384. The van der Waals surface area contributed by atoms with E-state index in [-0.39, 0.29) is 53.4 Å². The second-order valence-corrected chi connectivity index (χ2v) is 8.01. The number of nitrogens with zero attached hydrogens (tertiary/aromatic N) is 2. The van der Waals surface area contributed by atoms with Gasteiger partial charge < -0.3 is 19.9 Å². The summed E-state index contributed by atoms with van der Waals surface area (Å²) in [7, 11) is 0. The van der Waals surface area contributed by atoms with Gasteiger partial charge in [0.25, 0.3) is 5.69 Å². The lowest BCUT2D eigenvalue weighted by atomic mass is 9.80. The molecule has 186 valence electrons. The first-order valence-corrected chi connectivity index (χ1v) is 11.2. The van der Waals surface area contributed by atoms with E-state index in [1.54, 1.807) is 6.92 Å². The number of rotatable bonds is 9. The number of aliphatic hydroxyl groups is 1. The molecule has 0 aromatic heterocycles. The van der Waals surface area contributed by atoms with Crippen LogP contribution in [0, 0.1) is 21.4 Å². The number of hydrogen-bond donors (Lipinski definition) is 2. The summed E-state index contributed by atoms with van der Waals surface area (Å²) in [5.41, 5.74) is 0.749. The number of allylic oxidation sites excluding steroid dienone is 2. The number of benzene rings is 2. The van der Waals surface area contributed by atoms with Crippen molar-refractivity contribution in [2.45, 2.75) is 32.3 Å². The Morgan fingerprint density at radius 2 is 1.83 bits per heavy atom. The fourth-order valence-electron chi connectivity index (χ4n) is 3.96. The smallest absolute Gasteiger partial charge is 0.337 e. The highest BCUT2D eigenvalue weighted by Crippen LogP contribution is 2.40. The Kier molecular flexibility index (Phi) is 8.54. The molecule has 3 rings (SSSR count). The first-order valence-electron chi connectivity index (χ1n) is 11.2. The molecule has 0 fully saturated rings. The maximum atomic E-state index is 13.3. The minimum atomic E-state index is -1.17. The number of nitriles is 1.